The zero-order valence-electron chi connectivity index (χ0n) is 13.4. The number of rotatable bonds is 4. The van der Waals surface area contributed by atoms with Crippen LogP contribution in [0.25, 0.3) is 0 Å². The van der Waals surface area contributed by atoms with E-state index >= 15 is 0 Å². The van der Waals surface area contributed by atoms with Gasteiger partial charge in [-0.05, 0) is 45.0 Å². The standard InChI is InChI=1S/C18H28N2O/c1-19-10-8-17(9-11-19)20-13-16(18(14-20)21-2)12-15-6-4-3-5-7-15/h3-7,16-18H,8-14H2,1-2H3/t16-,18-/m1/s1. The highest BCUT2D eigenvalue weighted by molar-refractivity contribution is 5.16. The van der Waals surface area contributed by atoms with Gasteiger partial charge in [-0.3, -0.25) is 4.90 Å². The minimum atomic E-state index is 0.393. The van der Waals surface area contributed by atoms with Crippen molar-refractivity contribution in [3.63, 3.8) is 0 Å². The lowest BCUT2D eigenvalue weighted by Crippen LogP contribution is -2.43. The summed E-state index contributed by atoms with van der Waals surface area (Å²) in [6.45, 7) is 4.79. The Hall–Kier alpha value is -0.900. The Morgan fingerprint density at radius 1 is 1.10 bits per heavy atom. The summed E-state index contributed by atoms with van der Waals surface area (Å²) in [5, 5.41) is 0. The van der Waals surface area contributed by atoms with Gasteiger partial charge in [0.15, 0.2) is 0 Å². The van der Waals surface area contributed by atoms with E-state index in [1.54, 1.807) is 0 Å². The Labute approximate surface area is 128 Å². The first-order valence-corrected chi connectivity index (χ1v) is 8.25. The maximum Gasteiger partial charge on any atom is 0.0741 e. The molecule has 0 aromatic heterocycles. The molecule has 1 aromatic carbocycles. The zero-order chi connectivity index (χ0) is 14.7. The molecule has 3 rings (SSSR count). The Balaban J connectivity index is 1.60. The molecule has 116 valence electrons. The number of nitrogens with zero attached hydrogens (tertiary/aromatic N) is 2. The van der Waals surface area contributed by atoms with Crippen LogP contribution in [0, 0.1) is 5.92 Å². The predicted octanol–water partition coefficient (Wildman–Crippen LogP) is 2.27. The molecule has 0 bridgehead atoms. The van der Waals surface area contributed by atoms with Crippen LogP contribution in [0.1, 0.15) is 18.4 Å². The molecule has 0 spiro atoms. The molecule has 0 amide bonds. The fourth-order valence-electron chi connectivity index (χ4n) is 3.91. The van der Waals surface area contributed by atoms with Crippen LogP contribution in [-0.4, -0.2) is 62.3 Å². The van der Waals surface area contributed by atoms with Gasteiger partial charge >= 0.3 is 0 Å². The van der Waals surface area contributed by atoms with Crippen molar-refractivity contribution in [2.75, 3.05) is 40.3 Å². The summed E-state index contributed by atoms with van der Waals surface area (Å²) in [5.41, 5.74) is 1.44. The van der Waals surface area contributed by atoms with Crippen molar-refractivity contribution in [1.82, 2.24) is 9.80 Å². The number of ether oxygens (including phenoxy) is 1. The van der Waals surface area contributed by atoms with E-state index < -0.39 is 0 Å². The van der Waals surface area contributed by atoms with Crippen LogP contribution in [0.15, 0.2) is 30.3 Å². The summed E-state index contributed by atoms with van der Waals surface area (Å²) in [7, 11) is 4.11. The van der Waals surface area contributed by atoms with Gasteiger partial charge < -0.3 is 9.64 Å². The Morgan fingerprint density at radius 2 is 1.81 bits per heavy atom. The average molecular weight is 288 g/mol. The molecule has 0 unspecified atom stereocenters. The molecular formula is C18H28N2O. The van der Waals surface area contributed by atoms with Crippen molar-refractivity contribution in [2.24, 2.45) is 5.92 Å². The third kappa shape index (κ3) is 3.65. The molecule has 2 atom stereocenters. The van der Waals surface area contributed by atoms with E-state index in [1.165, 1.54) is 38.0 Å². The van der Waals surface area contributed by atoms with E-state index in [2.05, 4.69) is 47.2 Å². The van der Waals surface area contributed by atoms with Gasteiger partial charge in [-0.1, -0.05) is 30.3 Å². The number of piperidine rings is 1. The van der Waals surface area contributed by atoms with Gasteiger partial charge in [0, 0.05) is 32.2 Å². The molecule has 0 aliphatic carbocycles. The largest absolute Gasteiger partial charge is 0.380 e. The molecule has 2 aliphatic rings. The van der Waals surface area contributed by atoms with Gasteiger partial charge in [-0.2, -0.15) is 0 Å². The van der Waals surface area contributed by atoms with Crippen molar-refractivity contribution < 1.29 is 4.74 Å². The summed E-state index contributed by atoms with van der Waals surface area (Å²) < 4.78 is 5.79. The molecule has 2 heterocycles. The number of likely N-dealkylation sites (tertiary alicyclic amines) is 2. The average Bonchev–Trinajstić information content (AvgIpc) is 2.92. The number of hydrogen-bond donors (Lipinski definition) is 0. The van der Waals surface area contributed by atoms with Gasteiger partial charge in [0.1, 0.15) is 0 Å². The molecule has 21 heavy (non-hydrogen) atoms. The minimum Gasteiger partial charge on any atom is -0.380 e. The van der Waals surface area contributed by atoms with Crippen molar-refractivity contribution >= 4 is 0 Å². The highest BCUT2D eigenvalue weighted by atomic mass is 16.5. The summed E-state index contributed by atoms with van der Waals surface area (Å²) in [5.74, 6) is 0.636. The van der Waals surface area contributed by atoms with Gasteiger partial charge in [0.2, 0.25) is 0 Å². The third-order valence-corrected chi connectivity index (χ3v) is 5.26. The van der Waals surface area contributed by atoms with Crippen molar-refractivity contribution in [2.45, 2.75) is 31.4 Å². The number of methoxy groups -OCH3 is 1. The highest BCUT2D eigenvalue weighted by Gasteiger charge is 2.36. The molecule has 1 aromatic rings. The third-order valence-electron chi connectivity index (χ3n) is 5.26. The summed E-state index contributed by atoms with van der Waals surface area (Å²) >= 11 is 0. The second kappa shape index (κ2) is 6.91. The van der Waals surface area contributed by atoms with Gasteiger partial charge in [0.05, 0.1) is 6.10 Å². The van der Waals surface area contributed by atoms with Crippen molar-refractivity contribution in [3.8, 4) is 0 Å². The Bertz CT molecular complexity index is 428. The summed E-state index contributed by atoms with van der Waals surface area (Å²) in [4.78, 5) is 5.14. The van der Waals surface area contributed by atoms with Crippen LogP contribution in [-0.2, 0) is 11.2 Å². The second-order valence-corrected chi connectivity index (χ2v) is 6.71. The Kier molecular flexibility index (Phi) is 4.94. The fourth-order valence-corrected chi connectivity index (χ4v) is 3.91. The minimum absolute atomic E-state index is 0.393. The smallest absolute Gasteiger partial charge is 0.0741 e. The number of hydrogen-bond acceptors (Lipinski definition) is 3. The van der Waals surface area contributed by atoms with Crippen LogP contribution >= 0.6 is 0 Å². The molecule has 0 saturated carbocycles. The maximum atomic E-state index is 5.79. The van der Waals surface area contributed by atoms with E-state index in [1.807, 2.05) is 7.11 Å². The fraction of sp³-hybridized carbons (Fsp3) is 0.667. The van der Waals surface area contributed by atoms with Gasteiger partial charge in [0.25, 0.3) is 0 Å². The first kappa shape index (κ1) is 15.0. The highest BCUT2D eigenvalue weighted by Crippen LogP contribution is 2.28. The second-order valence-electron chi connectivity index (χ2n) is 6.71. The van der Waals surface area contributed by atoms with Crippen LogP contribution in [0.2, 0.25) is 0 Å². The van der Waals surface area contributed by atoms with Crippen molar-refractivity contribution in [1.29, 1.82) is 0 Å². The Morgan fingerprint density at radius 3 is 2.48 bits per heavy atom. The van der Waals surface area contributed by atoms with E-state index in [9.17, 15) is 0 Å². The van der Waals surface area contributed by atoms with E-state index in [0.29, 0.717) is 12.0 Å². The van der Waals surface area contributed by atoms with E-state index in [4.69, 9.17) is 4.74 Å². The summed E-state index contributed by atoms with van der Waals surface area (Å²) in [6, 6.07) is 11.6. The van der Waals surface area contributed by atoms with Gasteiger partial charge in [-0.25, -0.2) is 0 Å². The number of benzene rings is 1. The predicted molar refractivity (Wildman–Crippen MR) is 86.5 cm³/mol. The zero-order valence-corrected chi connectivity index (χ0v) is 13.4. The first-order valence-electron chi connectivity index (χ1n) is 8.25. The lowest BCUT2D eigenvalue weighted by Gasteiger charge is -2.35. The normalized spacial score (nSPS) is 29.0. The SMILES string of the molecule is CO[C@@H]1CN(C2CCN(C)CC2)C[C@H]1Cc1ccccc1. The summed E-state index contributed by atoms with van der Waals surface area (Å²) in [6.07, 6.45) is 4.16. The van der Waals surface area contributed by atoms with Crippen LogP contribution in [0.4, 0.5) is 0 Å². The van der Waals surface area contributed by atoms with Gasteiger partial charge in [-0.15, -0.1) is 0 Å². The van der Waals surface area contributed by atoms with Crippen LogP contribution < -0.4 is 0 Å². The molecule has 0 N–H and O–H groups in total. The van der Waals surface area contributed by atoms with Crippen LogP contribution in [0.3, 0.4) is 0 Å². The molecular weight excluding hydrogens is 260 g/mol. The van der Waals surface area contributed by atoms with E-state index in [-0.39, 0.29) is 0 Å². The van der Waals surface area contributed by atoms with Crippen LogP contribution in [0.5, 0.6) is 0 Å². The molecule has 2 fully saturated rings. The quantitative estimate of drug-likeness (QED) is 0.845. The maximum absolute atomic E-state index is 5.79. The lowest BCUT2D eigenvalue weighted by atomic mass is 9.96. The van der Waals surface area contributed by atoms with Crippen molar-refractivity contribution in [3.05, 3.63) is 35.9 Å². The molecule has 2 saturated heterocycles. The van der Waals surface area contributed by atoms with E-state index in [0.717, 1.165) is 19.0 Å². The first-order chi connectivity index (χ1) is 10.3. The lowest BCUT2D eigenvalue weighted by molar-refractivity contribution is 0.0712. The topological polar surface area (TPSA) is 15.7 Å². The molecule has 2 aliphatic heterocycles. The molecule has 0 radical (unpaired) electrons. The molecule has 3 nitrogen and oxygen atoms in total. The monoisotopic (exact) mass is 288 g/mol. The molecule has 3 heteroatoms.